The molecule has 0 radical (unpaired) electrons. The lowest BCUT2D eigenvalue weighted by atomic mass is 10.0. The van der Waals surface area contributed by atoms with E-state index in [4.69, 9.17) is 10.6 Å². The van der Waals surface area contributed by atoms with Crippen LogP contribution in [0.5, 0.6) is 0 Å². The molecular weight excluding hydrogens is 228 g/mol. The van der Waals surface area contributed by atoms with Crippen molar-refractivity contribution in [3.63, 3.8) is 0 Å². The molecule has 0 aliphatic carbocycles. The summed E-state index contributed by atoms with van der Waals surface area (Å²) in [5, 5.41) is 4.45. The predicted octanol–water partition coefficient (Wildman–Crippen LogP) is 1.17. The number of hydrogen-bond acceptors (Lipinski definition) is 4. The van der Waals surface area contributed by atoms with Gasteiger partial charge in [0, 0.05) is 32.3 Å². The third-order valence-electron chi connectivity index (χ3n) is 3.40. The minimum absolute atomic E-state index is 0.266. The van der Waals surface area contributed by atoms with Crippen LogP contribution in [0.3, 0.4) is 0 Å². The largest absolute Gasteiger partial charge is 0.382 e. The van der Waals surface area contributed by atoms with Gasteiger partial charge < -0.3 is 4.74 Å². The molecule has 0 bridgehead atoms. The lowest BCUT2D eigenvalue weighted by molar-refractivity contribution is 0.106. The molecule has 1 aromatic rings. The number of aromatic nitrogens is 2. The van der Waals surface area contributed by atoms with Gasteiger partial charge in [-0.25, -0.2) is 0 Å². The van der Waals surface area contributed by atoms with Crippen molar-refractivity contribution in [2.24, 2.45) is 12.9 Å². The van der Waals surface area contributed by atoms with Crippen molar-refractivity contribution in [2.45, 2.75) is 51.7 Å². The van der Waals surface area contributed by atoms with Crippen LogP contribution in [0.1, 0.15) is 38.1 Å². The van der Waals surface area contributed by atoms with E-state index in [0.717, 1.165) is 31.4 Å². The number of ether oxygens (including phenoxy) is 1. The molecule has 1 heterocycles. The second-order valence-electron chi connectivity index (χ2n) is 4.80. The minimum Gasteiger partial charge on any atom is -0.382 e. The highest BCUT2D eigenvalue weighted by Crippen LogP contribution is 2.11. The Labute approximate surface area is 110 Å². The van der Waals surface area contributed by atoms with Gasteiger partial charge in [-0.1, -0.05) is 6.92 Å². The van der Waals surface area contributed by atoms with Crippen molar-refractivity contribution in [3.05, 3.63) is 17.5 Å². The highest BCUT2D eigenvalue weighted by Gasteiger charge is 2.13. The third-order valence-corrected chi connectivity index (χ3v) is 3.40. The maximum absolute atomic E-state index is 5.62. The summed E-state index contributed by atoms with van der Waals surface area (Å²) in [5.41, 5.74) is 5.24. The zero-order chi connectivity index (χ0) is 13.5. The molecular formula is C13H26N4O. The van der Waals surface area contributed by atoms with Crippen LogP contribution < -0.4 is 11.3 Å². The molecule has 3 N–H and O–H groups in total. The Kier molecular flexibility index (Phi) is 6.32. The van der Waals surface area contributed by atoms with E-state index in [0.29, 0.717) is 0 Å². The number of hydrazine groups is 1. The van der Waals surface area contributed by atoms with Gasteiger partial charge in [0.15, 0.2) is 0 Å². The van der Waals surface area contributed by atoms with Gasteiger partial charge in [0.05, 0.1) is 11.8 Å². The molecule has 2 atom stereocenters. The molecule has 18 heavy (non-hydrogen) atoms. The molecule has 0 aliphatic rings. The molecule has 5 heteroatoms. The average molecular weight is 254 g/mol. The fourth-order valence-corrected chi connectivity index (χ4v) is 1.99. The molecule has 0 saturated carbocycles. The summed E-state index contributed by atoms with van der Waals surface area (Å²) in [6.45, 7) is 4.19. The number of hydrogen-bond donors (Lipinski definition) is 2. The number of methoxy groups -OCH3 is 1. The molecule has 0 saturated heterocycles. The summed E-state index contributed by atoms with van der Waals surface area (Å²) in [6, 6.07) is 2.42. The normalized spacial score (nSPS) is 14.7. The van der Waals surface area contributed by atoms with Crippen LogP contribution in [-0.2, 0) is 24.6 Å². The quantitative estimate of drug-likeness (QED) is 0.540. The number of aryl methyl sites for hydroxylation is 2. The lowest BCUT2D eigenvalue weighted by Crippen LogP contribution is -2.37. The lowest BCUT2D eigenvalue weighted by Gasteiger charge is -2.17. The van der Waals surface area contributed by atoms with E-state index in [1.807, 2.05) is 11.7 Å². The van der Waals surface area contributed by atoms with Gasteiger partial charge in [0.25, 0.3) is 0 Å². The van der Waals surface area contributed by atoms with Crippen molar-refractivity contribution in [1.29, 1.82) is 0 Å². The van der Waals surface area contributed by atoms with Gasteiger partial charge in [-0.05, 0) is 32.3 Å². The highest BCUT2D eigenvalue weighted by molar-refractivity contribution is 5.11. The Hall–Kier alpha value is -0.910. The maximum atomic E-state index is 5.62. The second kappa shape index (κ2) is 7.51. The van der Waals surface area contributed by atoms with Crippen LogP contribution >= 0.6 is 0 Å². The molecule has 0 aliphatic heterocycles. The van der Waals surface area contributed by atoms with Gasteiger partial charge in [-0.3, -0.25) is 16.0 Å². The fraction of sp³-hybridized carbons (Fsp3) is 0.769. The first-order chi connectivity index (χ1) is 8.60. The van der Waals surface area contributed by atoms with Gasteiger partial charge >= 0.3 is 0 Å². The Morgan fingerprint density at radius 2 is 2.22 bits per heavy atom. The van der Waals surface area contributed by atoms with E-state index in [2.05, 4.69) is 30.4 Å². The molecule has 0 amide bonds. The standard InChI is InChI=1S/C13H26N4O/c1-5-11-8-13(17(3)16-11)9-12(15-14)7-6-10(2)18-4/h8,10,12,15H,5-7,9,14H2,1-4H3. The van der Waals surface area contributed by atoms with E-state index >= 15 is 0 Å². The first-order valence-electron chi connectivity index (χ1n) is 6.61. The van der Waals surface area contributed by atoms with E-state index < -0.39 is 0 Å². The van der Waals surface area contributed by atoms with Crippen LogP contribution in [0, 0.1) is 0 Å². The smallest absolute Gasteiger partial charge is 0.0624 e. The van der Waals surface area contributed by atoms with Gasteiger partial charge in [-0.2, -0.15) is 5.10 Å². The number of nitrogens with one attached hydrogen (secondary N) is 1. The van der Waals surface area contributed by atoms with Crippen LogP contribution in [0.4, 0.5) is 0 Å². The Morgan fingerprint density at radius 1 is 1.50 bits per heavy atom. The van der Waals surface area contributed by atoms with E-state index in [-0.39, 0.29) is 12.1 Å². The van der Waals surface area contributed by atoms with Gasteiger partial charge in [0.1, 0.15) is 0 Å². The Balaban J connectivity index is 2.53. The second-order valence-corrected chi connectivity index (χ2v) is 4.80. The van der Waals surface area contributed by atoms with E-state index in [9.17, 15) is 0 Å². The summed E-state index contributed by atoms with van der Waals surface area (Å²) in [6.07, 6.45) is 4.15. The average Bonchev–Trinajstić information content (AvgIpc) is 2.74. The maximum Gasteiger partial charge on any atom is 0.0624 e. The van der Waals surface area contributed by atoms with E-state index in [1.165, 1.54) is 5.69 Å². The third kappa shape index (κ3) is 4.40. The Morgan fingerprint density at radius 3 is 2.72 bits per heavy atom. The monoisotopic (exact) mass is 254 g/mol. The van der Waals surface area contributed by atoms with Crippen LogP contribution in [-0.4, -0.2) is 29.0 Å². The summed E-state index contributed by atoms with van der Waals surface area (Å²) in [7, 11) is 3.73. The molecule has 1 rings (SSSR count). The number of rotatable bonds is 8. The van der Waals surface area contributed by atoms with Crippen molar-refractivity contribution >= 4 is 0 Å². The van der Waals surface area contributed by atoms with Crippen molar-refractivity contribution < 1.29 is 4.74 Å². The topological polar surface area (TPSA) is 65.1 Å². The molecule has 0 aromatic carbocycles. The molecule has 5 nitrogen and oxygen atoms in total. The van der Waals surface area contributed by atoms with Crippen molar-refractivity contribution in [1.82, 2.24) is 15.2 Å². The molecule has 0 fully saturated rings. The predicted molar refractivity (Wildman–Crippen MR) is 73.1 cm³/mol. The van der Waals surface area contributed by atoms with Crippen molar-refractivity contribution in [3.8, 4) is 0 Å². The number of nitrogens with two attached hydrogens (primary N) is 1. The summed E-state index contributed by atoms with van der Waals surface area (Å²) in [5.74, 6) is 5.62. The van der Waals surface area contributed by atoms with Crippen molar-refractivity contribution in [2.75, 3.05) is 7.11 Å². The Bertz CT molecular complexity index is 351. The van der Waals surface area contributed by atoms with E-state index in [1.54, 1.807) is 7.11 Å². The molecule has 104 valence electrons. The summed E-state index contributed by atoms with van der Waals surface area (Å²) >= 11 is 0. The summed E-state index contributed by atoms with van der Waals surface area (Å²) in [4.78, 5) is 0. The molecule has 2 unspecified atom stereocenters. The number of nitrogens with zero attached hydrogens (tertiary/aromatic N) is 2. The zero-order valence-electron chi connectivity index (χ0n) is 11.9. The van der Waals surface area contributed by atoms with Crippen LogP contribution in [0.2, 0.25) is 0 Å². The summed E-state index contributed by atoms with van der Waals surface area (Å²) < 4.78 is 7.20. The molecule has 0 spiro atoms. The van der Waals surface area contributed by atoms with Gasteiger partial charge in [0.2, 0.25) is 0 Å². The van der Waals surface area contributed by atoms with Crippen LogP contribution in [0.25, 0.3) is 0 Å². The highest BCUT2D eigenvalue weighted by atomic mass is 16.5. The zero-order valence-corrected chi connectivity index (χ0v) is 11.9. The van der Waals surface area contributed by atoms with Gasteiger partial charge in [-0.15, -0.1) is 0 Å². The molecule has 1 aromatic heterocycles. The first-order valence-corrected chi connectivity index (χ1v) is 6.61. The first kappa shape index (κ1) is 15.1. The fourth-order valence-electron chi connectivity index (χ4n) is 1.99. The SMILES string of the molecule is CCc1cc(CC(CCC(C)OC)NN)n(C)n1. The minimum atomic E-state index is 0.266. The van der Waals surface area contributed by atoms with Crippen LogP contribution in [0.15, 0.2) is 6.07 Å².